The molecule has 0 spiro atoms. The lowest BCUT2D eigenvalue weighted by Gasteiger charge is -2.04. The largest absolute Gasteiger partial charge is 0.139 e. The van der Waals surface area contributed by atoms with Crippen LogP contribution in [0.3, 0.4) is 0 Å². The highest BCUT2D eigenvalue weighted by Crippen LogP contribution is 2.50. The first-order valence-corrected chi connectivity index (χ1v) is 10.6. The molecule has 5 aromatic rings. The van der Waals surface area contributed by atoms with Crippen LogP contribution >= 0.6 is 45.3 Å². The van der Waals surface area contributed by atoms with Crippen LogP contribution in [0.25, 0.3) is 39.0 Å². The van der Waals surface area contributed by atoms with Crippen LogP contribution < -0.4 is 0 Å². The first-order valence-electron chi connectivity index (χ1n) is 7.29. The van der Waals surface area contributed by atoms with Crippen LogP contribution in [0.1, 0.15) is 20.9 Å². The van der Waals surface area contributed by atoms with Crippen molar-refractivity contribution in [1.29, 1.82) is 0 Å². The van der Waals surface area contributed by atoms with Gasteiger partial charge in [0.15, 0.2) is 0 Å². The lowest BCUT2D eigenvalue weighted by molar-refractivity contribution is 1.59. The minimum Gasteiger partial charge on any atom is -0.139 e. The van der Waals surface area contributed by atoms with E-state index in [2.05, 4.69) is 39.8 Å². The van der Waals surface area contributed by atoms with Crippen molar-refractivity contribution in [2.24, 2.45) is 0 Å². The molecule has 4 aromatic heterocycles. The van der Waals surface area contributed by atoms with Crippen LogP contribution in [0.2, 0.25) is 0 Å². The second kappa shape index (κ2) is 4.32. The Bertz CT molecular complexity index is 1110. The predicted octanol–water partition coefficient (Wildman–Crippen LogP) is 7.78. The van der Waals surface area contributed by atoms with Gasteiger partial charge in [0.1, 0.15) is 0 Å². The molecule has 4 heterocycles. The molecule has 0 atom stereocenters. The lowest BCUT2D eigenvalue weighted by Crippen LogP contribution is -1.80. The summed E-state index contributed by atoms with van der Waals surface area (Å²) in [6.07, 6.45) is 0. The fourth-order valence-electron chi connectivity index (χ4n) is 3.45. The van der Waals surface area contributed by atoms with Crippen molar-refractivity contribution < 1.29 is 0 Å². The molecule has 0 saturated carbocycles. The Morgan fingerprint density at radius 1 is 0.545 bits per heavy atom. The van der Waals surface area contributed by atoms with E-state index in [1.54, 1.807) is 0 Å². The van der Waals surface area contributed by atoms with Gasteiger partial charge in [-0.3, -0.25) is 0 Å². The first kappa shape index (κ1) is 13.5. The molecule has 22 heavy (non-hydrogen) atoms. The Labute approximate surface area is 144 Å². The number of hydrogen-bond acceptors (Lipinski definition) is 4. The van der Waals surface area contributed by atoms with Crippen LogP contribution in [-0.4, -0.2) is 0 Å². The first-order chi connectivity index (χ1) is 10.5. The van der Waals surface area contributed by atoms with Gasteiger partial charge in [-0.1, -0.05) is 0 Å². The maximum absolute atomic E-state index is 2.35. The molecule has 0 nitrogen and oxygen atoms in total. The van der Waals surface area contributed by atoms with Crippen LogP contribution in [0.15, 0.2) is 12.1 Å². The fraction of sp³-hybridized carbons (Fsp3) is 0.222. The maximum atomic E-state index is 2.35. The third-order valence-corrected chi connectivity index (χ3v) is 9.31. The van der Waals surface area contributed by atoms with Gasteiger partial charge in [-0.15, -0.1) is 45.3 Å². The molecule has 0 radical (unpaired) electrons. The average Bonchev–Trinajstić information content (AvgIpc) is 3.13. The van der Waals surface area contributed by atoms with Crippen molar-refractivity contribution in [3.8, 4) is 0 Å². The summed E-state index contributed by atoms with van der Waals surface area (Å²) in [6.45, 7) is 9.07. The van der Waals surface area contributed by atoms with Gasteiger partial charge in [-0.25, -0.2) is 0 Å². The smallest absolute Gasteiger partial charge is 0.0535 e. The topological polar surface area (TPSA) is 0 Å². The SMILES string of the molecule is Cc1cc2sc3c(C)c4sc5cc(C)sc5c4c(C)c3c2s1. The summed E-state index contributed by atoms with van der Waals surface area (Å²) in [6, 6.07) is 4.70. The number of benzene rings is 1. The zero-order valence-corrected chi connectivity index (χ0v) is 16.1. The molecule has 0 N–H and O–H groups in total. The normalized spacial score (nSPS) is 12.5. The summed E-state index contributed by atoms with van der Waals surface area (Å²) in [5.74, 6) is 0. The molecule has 110 valence electrons. The summed E-state index contributed by atoms with van der Waals surface area (Å²) < 4.78 is 8.90. The molecule has 1 aromatic carbocycles. The van der Waals surface area contributed by atoms with Gasteiger partial charge < -0.3 is 0 Å². The van der Waals surface area contributed by atoms with Crippen molar-refractivity contribution in [1.82, 2.24) is 0 Å². The third kappa shape index (κ3) is 1.56. The number of fused-ring (bicyclic) bond motifs is 6. The second-order valence-electron chi connectivity index (χ2n) is 5.96. The van der Waals surface area contributed by atoms with Crippen molar-refractivity contribution in [3.63, 3.8) is 0 Å². The summed E-state index contributed by atoms with van der Waals surface area (Å²) in [5, 5.41) is 3.02. The van der Waals surface area contributed by atoms with Gasteiger partial charge in [-0.05, 0) is 51.0 Å². The fourth-order valence-corrected chi connectivity index (χ4v) is 8.85. The number of rotatable bonds is 0. The van der Waals surface area contributed by atoms with E-state index in [4.69, 9.17) is 0 Å². The van der Waals surface area contributed by atoms with E-state index in [0.717, 1.165) is 0 Å². The summed E-state index contributed by atoms with van der Waals surface area (Å²) in [4.78, 5) is 2.84. The minimum atomic E-state index is 1.42. The number of hydrogen-bond donors (Lipinski definition) is 0. The molecule has 0 saturated heterocycles. The van der Waals surface area contributed by atoms with Crippen molar-refractivity contribution in [3.05, 3.63) is 33.0 Å². The van der Waals surface area contributed by atoms with E-state index in [-0.39, 0.29) is 0 Å². The molecule has 0 aliphatic carbocycles. The van der Waals surface area contributed by atoms with E-state index < -0.39 is 0 Å². The molecule has 0 aliphatic rings. The summed E-state index contributed by atoms with van der Waals surface area (Å²) in [5.41, 5.74) is 2.96. The van der Waals surface area contributed by atoms with Crippen molar-refractivity contribution in [2.45, 2.75) is 27.7 Å². The Kier molecular flexibility index (Phi) is 2.65. The van der Waals surface area contributed by atoms with Crippen LogP contribution in [-0.2, 0) is 0 Å². The Morgan fingerprint density at radius 2 is 1.00 bits per heavy atom. The van der Waals surface area contributed by atoms with Gasteiger partial charge in [0.25, 0.3) is 0 Å². The van der Waals surface area contributed by atoms with Gasteiger partial charge in [0, 0.05) is 39.3 Å². The summed E-state index contributed by atoms with van der Waals surface area (Å²) in [7, 11) is 0. The van der Waals surface area contributed by atoms with Crippen LogP contribution in [0.4, 0.5) is 0 Å². The molecule has 0 unspecified atom stereocenters. The van der Waals surface area contributed by atoms with E-state index >= 15 is 0 Å². The van der Waals surface area contributed by atoms with Gasteiger partial charge in [0.05, 0.1) is 9.40 Å². The lowest BCUT2D eigenvalue weighted by atomic mass is 10.0. The third-order valence-electron chi connectivity index (χ3n) is 4.41. The highest BCUT2D eigenvalue weighted by atomic mass is 32.1. The van der Waals surface area contributed by atoms with Crippen LogP contribution in [0, 0.1) is 27.7 Å². The second-order valence-corrected chi connectivity index (χ2v) is 10.6. The summed E-state index contributed by atoms with van der Waals surface area (Å²) >= 11 is 7.85. The maximum Gasteiger partial charge on any atom is 0.0535 e. The monoisotopic (exact) mass is 358 g/mol. The molecule has 0 aliphatic heterocycles. The molecule has 0 amide bonds. The van der Waals surface area contributed by atoms with E-state index in [0.29, 0.717) is 0 Å². The Hall–Kier alpha value is -0.940. The zero-order chi connectivity index (χ0) is 15.2. The van der Waals surface area contributed by atoms with Gasteiger partial charge in [-0.2, -0.15) is 0 Å². The Balaban J connectivity index is 2.12. The zero-order valence-electron chi connectivity index (χ0n) is 12.8. The van der Waals surface area contributed by atoms with Gasteiger partial charge >= 0.3 is 0 Å². The average molecular weight is 359 g/mol. The highest BCUT2D eigenvalue weighted by Gasteiger charge is 2.20. The Morgan fingerprint density at radius 3 is 1.45 bits per heavy atom. The van der Waals surface area contributed by atoms with Crippen molar-refractivity contribution >= 4 is 84.3 Å². The van der Waals surface area contributed by atoms with E-state index in [1.807, 2.05) is 45.3 Å². The molecule has 0 fully saturated rings. The quantitative estimate of drug-likeness (QED) is 0.265. The van der Waals surface area contributed by atoms with E-state index in [9.17, 15) is 0 Å². The predicted molar refractivity (Wildman–Crippen MR) is 107 cm³/mol. The van der Waals surface area contributed by atoms with E-state index in [1.165, 1.54) is 59.9 Å². The standard InChI is InChI=1S/C18H14S4/c1-7-5-11-17(19-7)13-9(3)14-16(10(4)15(13)21-11)22-12-6-8(2)20-18(12)14/h5-6H,1-4H3. The number of aryl methyl sites for hydroxylation is 4. The molecule has 0 bridgehead atoms. The number of thiophene rings is 4. The highest BCUT2D eigenvalue weighted by molar-refractivity contribution is 7.35. The van der Waals surface area contributed by atoms with Crippen LogP contribution in [0.5, 0.6) is 0 Å². The molecule has 5 rings (SSSR count). The molecular formula is C18H14S4. The van der Waals surface area contributed by atoms with Gasteiger partial charge in [0.2, 0.25) is 0 Å². The molecular weight excluding hydrogens is 344 g/mol. The molecule has 4 heteroatoms. The minimum absolute atomic E-state index is 1.42. The van der Waals surface area contributed by atoms with Crippen molar-refractivity contribution in [2.75, 3.05) is 0 Å².